The first kappa shape index (κ1) is 13.6. The van der Waals surface area contributed by atoms with Crippen molar-refractivity contribution in [3.8, 4) is 5.75 Å². The molecular formula is C16H17N3O2. The zero-order valence-electron chi connectivity index (χ0n) is 11.6. The van der Waals surface area contributed by atoms with Gasteiger partial charge in [-0.15, -0.1) is 0 Å². The number of nitrogens with zero attached hydrogens (tertiary/aromatic N) is 1. The van der Waals surface area contributed by atoms with E-state index in [-0.39, 0.29) is 11.9 Å². The van der Waals surface area contributed by atoms with Gasteiger partial charge in [0.15, 0.2) is 0 Å². The number of nitrogens with two attached hydrogens (primary N) is 1. The van der Waals surface area contributed by atoms with E-state index in [2.05, 4.69) is 10.3 Å². The second kappa shape index (κ2) is 5.93. The van der Waals surface area contributed by atoms with Crippen LogP contribution in [0.1, 0.15) is 34.8 Å². The van der Waals surface area contributed by atoms with E-state index in [0.29, 0.717) is 23.6 Å². The van der Waals surface area contributed by atoms with Crippen molar-refractivity contribution in [3.63, 3.8) is 0 Å². The van der Waals surface area contributed by atoms with Gasteiger partial charge in [0.25, 0.3) is 5.91 Å². The quantitative estimate of drug-likeness (QED) is 0.887. The van der Waals surface area contributed by atoms with Gasteiger partial charge in [0, 0.05) is 35.2 Å². The smallest absolute Gasteiger partial charge is 0.255 e. The summed E-state index contributed by atoms with van der Waals surface area (Å²) in [5, 5.41) is 2.83. The number of rotatable bonds is 2. The van der Waals surface area contributed by atoms with Gasteiger partial charge in [-0.1, -0.05) is 6.07 Å². The molecule has 1 aromatic carbocycles. The maximum atomic E-state index is 12.2. The summed E-state index contributed by atoms with van der Waals surface area (Å²) in [4.78, 5) is 16.2. The zero-order chi connectivity index (χ0) is 14.7. The number of benzene rings is 1. The van der Waals surface area contributed by atoms with E-state index in [0.717, 1.165) is 18.4 Å². The third-order valence-corrected chi connectivity index (χ3v) is 3.53. The molecule has 3 rings (SSSR count). The van der Waals surface area contributed by atoms with Gasteiger partial charge in [-0.05, 0) is 37.1 Å². The van der Waals surface area contributed by atoms with E-state index < -0.39 is 0 Å². The van der Waals surface area contributed by atoms with Crippen molar-refractivity contribution in [2.24, 2.45) is 5.73 Å². The van der Waals surface area contributed by atoms with Crippen molar-refractivity contribution in [3.05, 3.63) is 53.9 Å². The Balaban J connectivity index is 1.83. The molecule has 0 bridgehead atoms. The average molecular weight is 283 g/mol. The minimum absolute atomic E-state index is 0.0280. The van der Waals surface area contributed by atoms with Crippen molar-refractivity contribution in [1.29, 1.82) is 0 Å². The summed E-state index contributed by atoms with van der Waals surface area (Å²) in [5.41, 5.74) is 8.34. The van der Waals surface area contributed by atoms with Crippen molar-refractivity contribution < 1.29 is 9.53 Å². The monoisotopic (exact) mass is 283 g/mol. The molecule has 5 nitrogen and oxygen atoms in total. The third kappa shape index (κ3) is 3.03. The van der Waals surface area contributed by atoms with Crippen LogP contribution >= 0.6 is 0 Å². The summed E-state index contributed by atoms with van der Waals surface area (Å²) >= 11 is 0. The number of hydrogen-bond donors (Lipinski definition) is 2. The summed E-state index contributed by atoms with van der Waals surface area (Å²) in [6.45, 7) is 0.635. The van der Waals surface area contributed by atoms with E-state index >= 15 is 0 Å². The summed E-state index contributed by atoms with van der Waals surface area (Å²) in [6.07, 6.45) is 5.09. The maximum Gasteiger partial charge on any atom is 0.255 e. The summed E-state index contributed by atoms with van der Waals surface area (Å²) < 4.78 is 5.69. The van der Waals surface area contributed by atoms with Crippen molar-refractivity contribution >= 4 is 11.6 Å². The van der Waals surface area contributed by atoms with Crippen LogP contribution in [0.2, 0.25) is 0 Å². The lowest BCUT2D eigenvalue weighted by Gasteiger charge is -2.13. The molecule has 1 aliphatic rings. The fourth-order valence-electron chi connectivity index (χ4n) is 2.39. The first-order valence-electron chi connectivity index (χ1n) is 6.98. The number of aromatic nitrogens is 1. The lowest BCUT2D eigenvalue weighted by molar-refractivity contribution is 0.102. The van der Waals surface area contributed by atoms with E-state index in [9.17, 15) is 4.79 Å². The number of fused-ring (bicyclic) bond motifs is 1. The second-order valence-corrected chi connectivity index (χ2v) is 5.04. The van der Waals surface area contributed by atoms with Gasteiger partial charge in [0.2, 0.25) is 0 Å². The van der Waals surface area contributed by atoms with Crippen LogP contribution in [0.15, 0.2) is 42.7 Å². The van der Waals surface area contributed by atoms with Crippen LogP contribution < -0.4 is 15.8 Å². The van der Waals surface area contributed by atoms with Gasteiger partial charge in [-0.2, -0.15) is 0 Å². The molecule has 108 valence electrons. The molecule has 1 aliphatic heterocycles. The average Bonchev–Trinajstić information content (AvgIpc) is 2.70. The Morgan fingerprint density at radius 1 is 1.29 bits per heavy atom. The SMILES string of the molecule is N[C@H]1CCCOc2cc(C(=O)Nc3ccncc3)ccc21. The van der Waals surface area contributed by atoms with Gasteiger partial charge in [-0.3, -0.25) is 9.78 Å². The highest BCUT2D eigenvalue weighted by molar-refractivity contribution is 6.04. The number of ether oxygens (including phenoxy) is 1. The van der Waals surface area contributed by atoms with Gasteiger partial charge in [0.05, 0.1) is 6.61 Å². The fraction of sp³-hybridized carbons (Fsp3) is 0.250. The number of anilines is 1. The standard InChI is InChI=1S/C16H17N3O2/c17-14-2-1-9-21-15-10-11(3-4-13(14)15)16(20)19-12-5-7-18-8-6-12/h3-8,10,14H,1-2,9,17H2,(H,18,19,20)/t14-/m0/s1. The van der Waals surface area contributed by atoms with Crippen LogP contribution in [0.4, 0.5) is 5.69 Å². The molecule has 2 heterocycles. The van der Waals surface area contributed by atoms with E-state index in [1.807, 2.05) is 6.07 Å². The molecule has 0 saturated heterocycles. The number of amides is 1. The van der Waals surface area contributed by atoms with E-state index in [1.54, 1.807) is 36.7 Å². The number of carbonyl (C=O) groups excluding carboxylic acids is 1. The Bertz CT molecular complexity index is 643. The highest BCUT2D eigenvalue weighted by Gasteiger charge is 2.18. The summed E-state index contributed by atoms with van der Waals surface area (Å²) in [5.74, 6) is 0.535. The molecule has 21 heavy (non-hydrogen) atoms. The predicted octanol–water partition coefficient (Wildman–Crippen LogP) is 2.51. The fourth-order valence-corrected chi connectivity index (χ4v) is 2.39. The molecule has 3 N–H and O–H groups in total. The molecular weight excluding hydrogens is 266 g/mol. The Kier molecular flexibility index (Phi) is 3.83. The first-order valence-corrected chi connectivity index (χ1v) is 6.98. The number of carbonyl (C=O) groups is 1. The second-order valence-electron chi connectivity index (χ2n) is 5.04. The lowest BCUT2D eigenvalue weighted by Crippen LogP contribution is -2.13. The Hall–Kier alpha value is -2.40. The van der Waals surface area contributed by atoms with Gasteiger partial charge in [0.1, 0.15) is 5.75 Å². The molecule has 0 fully saturated rings. The Labute approximate surface area is 123 Å². The molecule has 2 aromatic rings. The normalized spacial score (nSPS) is 17.3. The van der Waals surface area contributed by atoms with Crippen molar-refractivity contribution in [1.82, 2.24) is 4.98 Å². The number of nitrogens with one attached hydrogen (secondary N) is 1. The van der Waals surface area contributed by atoms with Crippen LogP contribution in [0.5, 0.6) is 5.75 Å². The number of pyridine rings is 1. The maximum absolute atomic E-state index is 12.2. The minimum Gasteiger partial charge on any atom is -0.493 e. The lowest BCUT2D eigenvalue weighted by atomic mass is 10.0. The van der Waals surface area contributed by atoms with E-state index in [1.165, 1.54) is 0 Å². The van der Waals surface area contributed by atoms with E-state index in [4.69, 9.17) is 10.5 Å². The van der Waals surface area contributed by atoms with Crippen molar-refractivity contribution in [2.45, 2.75) is 18.9 Å². The molecule has 1 aromatic heterocycles. The highest BCUT2D eigenvalue weighted by Crippen LogP contribution is 2.30. The molecule has 0 saturated carbocycles. The van der Waals surface area contributed by atoms with Crippen LogP contribution in [0.3, 0.4) is 0 Å². The molecule has 0 unspecified atom stereocenters. The molecule has 1 amide bonds. The zero-order valence-corrected chi connectivity index (χ0v) is 11.6. The molecule has 0 radical (unpaired) electrons. The minimum atomic E-state index is -0.176. The molecule has 0 spiro atoms. The molecule has 0 aliphatic carbocycles. The first-order chi connectivity index (χ1) is 10.2. The molecule has 5 heteroatoms. The van der Waals surface area contributed by atoms with Crippen LogP contribution in [-0.4, -0.2) is 17.5 Å². The van der Waals surface area contributed by atoms with Crippen LogP contribution in [0.25, 0.3) is 0 Å². The number of hydrogen-bond acceptors (Lipinski definition) is 4. The Morgan fingerprint density at radius 2 is 2.10 bits per heavy atom. The van der Waals surface area contributed by atoms with Crippen LogP contribution in [0, 0.1) is 0 Å². The third-order valence-electron chi connectivity index (χ3n) is 3.53. The summed E-state index contributed by atoms with van der Waals surface area (Å²) in [6, 6.07) is 8.88. The topological polar surface area (TPSA) is 77.2 Å². The summed E-state index contributed by atoms with van der Waals surface area (Å²) in [7, 11) is 0. The Morgan fingerprint density at radius 3 is 2.90 bits per heavy atom. The van der Waals surface area contributed by atoms with Gasteiger partial charge < -0.3 is 15.8 Å². The van der Waals surface area contributed by atoms with Crippen LogP contribution in [-0.2, 0) is 0 Å². The highest BCUT2D eigenvalue weighted by atomic mass is 16.5. The van der Waals surface area contributed by atoms with Gasteiger partial charge >= 0.3 is 0 Å². The largest absolute Gasteiger partial charge is 0.493 e. The van der Waals surface area contributed by atoms with Crippen molar-refractivity contribution in [2.75, 3.05) is 11.9 Å². The van der Waals surface area contributed by atoms with Gasteiger partial charge in [-0.25, -0.2) is 0 Å². The molecule has 1 atom stereocenters. The predicted molar refractivity (Wildman–Crippen MR) is 80.3 cm³/mol.